The molecule has 64 heavy (non-hydrogen) atoms. The number of halogens is 4. The molecule has 4 aromatic rings. The van der Waals surface area contributed by atoms with E-state index in [9.17, 15) is 19.2 Å². The Balaban J connectivity index is 0.000000162. The third-order valence-corrected chi connectivity index (χ3v) is 16.3. The van der Waals surface area contributed by atoms with Crippen molar-refractivity contribution in [2.75, 3.05) is 13.1 Å². The number of amides is 4. The number of benzene rings is 2. The van der Waals surface area contributed by atoms with E-state index < -0.39 is 23.3 Å². The molecular weight excluding hydrogens is 938 g/mol. The molecule has 4 atom stereocenters. The quantitative estimate of drug-likeness (QED) is 0.138. The van der Waals surface area contributed by atoms with E-state index in [2.05, 4.69) is 31.6 Å². The second kappa shape index (κ2) is 18.2. The van der Waals surface area contributed by atoms with Gasteiger partial charge in [0.25, 0.3) is 11.8 Å². The molecule has 0 radical (unpaired) electrons. The first kappa shape index (κ1) is 45.0. The number of hydrogen-bond donors (Lipinski definition) is 4. The standard InChI is InChI=1S/2C23H23Cl2N3O3S/c2*1-23(12-8-13(24)10-14(25)9-12)11-18(28-31-23)19-15-4-2-3-5-16(15)20(32-19)22(30)27-17-6-7-26-21(17)29/h2*8-10,17H,2-7,11H2,1H3,(H,26,29)(H,27,30)/t17-,23+;17-,23-/m11/s1. The molecule has 2 aromatic carbocycles. The van der Waals surface area contributed by atoms with Crippen molar-refractivity contribution < 1.29 is 28.9 Å². The molecule has 0 unspecified atom stereocenters. The van der Waals surface area contributed by atoms with Crippen LogP contribution in [0.15, 0.2) is 46.7 Å². The maximum atomic E-state index is 13.1. The fraction of sp³-hybridized carbons (Fsp3) is 0.435. The van der Waals surface area contributed by atoms with Gasteiger partial charge < -0.3 is 30.9 Å². The summed E-state index contributed by atoms with van der Waals surface area (Å²) in [7, 11) is 0. The van der Waals surface area contributed by atoms with Crippen molar-refractivity contribution in [3.8, 4) is 0 Å². The van der Waals surface area contributed by atoms with Crippen molar-refractivity contribution in [1.82, 2.24) is 21.3 Å². The number of rotatable bonds is 8. The summed E-state index contributed by atoms with van der Waals surface area (Å²) < 4.78 is 0. The van der Waals surface area contributed by atoms with Crippen LogP contribution in [0.4, 0.5) is 0 Å². The number of nitrogens with zero attached hydrogens (tertiary/aromatic N) is 2. The zero-order valence-corrected chi connectivity index (χ0v) is 39.8. The summed E-state index contributed by atoms with van der Waals surface area (Å²) in [5.74, 6) is -0.585. The highest BCUT2D eigenvalue weighted by Gasteiger charge is 2.42. The Labute approximate surface area is 398 Å². The molecule has 0 saturated carbocycles. The van der Waals surface area contributed by atoms with Crippen molar-refractivity contribution in [1.29, 1.82) is 0 Å². The van der Waals surface area contributed by atoms with Gasteiger partial charge in [-0.25, -0.2) is 0 Å². The van der Waals surface area contributed by atoms with Crippen LogP contribution in [0.3, 0.4) is 0 Å². The minimum Gasteiger partial charge on any atom is -0.384 e. The number of fused-ring (bicyclic) bond motifs is 2. The molecule has 0 bridgehead atoms. The summed E-state index contributed by atoms with van der Waals surface area (Å²) in [6, 6.07) is 9.85. The number of thiophene rings is 2. The monoisotopic (exact) mass is 982 g/mol. The molecule has 2 aromatic heterocycles. The molecule has 10 rings (SSSR count). The van der Waals surface area contributed by atoms with Crippen molar-refractivity contribution in [3.05, 3.63) is 109 Å². The third kappa shape index (κ3) is 9.02. The summed E-state index contributed by atoms with van der Waals surface area (Å²) in [5, 5.41) is 22.4. The summed E-state index contributed by atoms with van der Waals surface area (Å²) in [4.78, 5) is 65.2. The highest BCUT2D eigenvalue weighted by molar-refractivity contribution is 7.17. The van der Waals surface area contributed by atoms with Crippen molar-refractivity contribution in [3.63, 3.8) is 0 Å². The minimum absolute atomic E-state index is 0.117. The van der Waals surface area contributed by atoms with Crippen molar-refractivity contribution in [2.24, 2.45) is 10.3 Å². The number of hydrogen-bond acceptors (Lipinski definition) is 10. The van der Waals surface area contributed by atoms with Gasteiger partial charge in [-0.3, -0.25) is 19.2 Å². The molecule has 6 aliphatic rings. The molecule has 18 heteroatoms. The molecule has 4 aliphatic heterocycles. The fourth-order valence-corrected chi connectivity index (χ4v) is 13.0. The van der Waals surface area contributed by atoms with Gasteiger partial charge in [0.15, 0.2) is 11.2 Å². The summed E-state index contributed by atoms with van der Waals surface area (Å²) in [6.45, 7) is 5.13. The van der Waals surface area contributed by atoms with Crippen molar-refractivity contribution >= 4 is 104 Å². The Hall–Kier alpha value is -4.18. The Morgan fingerprint density at radius 1 is 0.609 bits per heavy atom. The van der Waals surface area contributed by atoms with Crippen LogP contribution in [-0.4, -0.2) is 60.2 Å². The largest absolute Gasteiger partial charge is 0.384 e. The molecule has 336 valence electrons. The first-order chi connectivity index (χ1) is 30.7. The fourth-order valence-electron chi connectivity index (χ4n) is 9.36. The van der Waals surface area contributed by atoms with Gasteiger partial charge in [0.2, 0.25) is 11.8 Å². The predicted octanol–water partition coefficient (Wildman–Crippen LogP) is 9.18. The minimum atomic E-state index is -0.681. The highest BCUT2D eigenvalue weighted by atomic mass is 35.5. The van der Waals surface area contributed by atoms with Crippen molar-refractivity contribution in [2.45, 2.75) is 114 Å². The Kier molecular flexibility index (Phi) is 12.8. The molecule has 2 fully saturated rings. The smallest absolute Gasteiger partial charge is 0.262 e. The van der Waals surface area contributed by atoms with Gasteiger partial charge in [0.05, 0.1) is 19.5 Å². The third-order valence-electron chi connectivity index (χ3n) is 12.8. The van der Waals surface area contributed by atoms with E-state index in [1.54, 1.807) is 12.1 Å². The lowest BCUT2D eigenvalue weighted by atomic mass is 9.87. The number of nitrogens with one attached hydrogen (secondary N) is 4. The van der Waals surface area contributed by atoms with Crippen LogP contribution >= 0.6 is 69.1 Å². The zero-order valence-electron chi connectivity index (χ0n) is 35.2. The van der Waals surface area contributed by atoms with Crippen LogP contribution < -0.4 is 21.3 Å². The molecule has 2 saturated heterocycles. The normalized spacial score (nSPS) is 24.5. The number of oxime groups is 2. The predicted molar refractivity (Wildman–Crippen MR) is 252 cm³/mol. The lowest BCUT2D eigenvalue weighted by Crippen LogP contribution is -2.40. The van der Waals surface area contributed by atoms with Gasteiger partial charge in [-0.05, 0) is 137 Å². The number of carbonyl (C=O) groups is 4. The Bertz CT molecular complexity index is 2430. The second-order valence-corrected chi connectivity index (χ2v) is 21.2. The lowest BCUT2D eigenvalue weighted by molar-refractivity contribution is -0.121. The second-order valence-electron chi connectivity index (χ2n) is 17.5. The van der Waals surface area contributed by atoms with Crippen LogP contribution in [0.2, 0.25) is 20.1 Å². The topological polar surface area (TPSA) is 160 Å². The summed E-state index contributed by atoms with van der Waals surface area (Å²) in [5.41, 5.74) is 6.61. The summed E-state index contributed by atoms with van der Waals surface area (Å²) >= 11 is 27.8. The van der Waals surface area contributed by atoms with Crippen LogP contribution in [0.1, 0.15) is 128 Å². The molecule has 4 amide bonds. The van der Waals surface area contributed by atoms with E-state index in [1.165, 1.54) is 33.8 Å². The average molecular weight is 985 g/mol. The molecule has 6 heterocycles. The summed E-state index contributed by atoms with van der Waals surface area (Å²) in [6.07, 6.45) is 10.2. The van der Waals surface area contributed by atoms with Crippen LogP contribution in [0, 0.1) is 0 Å². The van der Waals surface area contributed by atoms with E-state index in [0.29, 0.717) is 68.6 Å². The van der Waals surface area contributed by atoms with Crippen LogP contribution in [-0.2, 0) is 56.1 Å². The average Bonchev–Trinajstić information content (AvgIpc) is 4.13. The van der Waals surface area contributed by atoms with Gasteiger partial charge in [-0.2, -0.15) is 0 Å². The first-order valence-corrected chi connectivity index (χ1v) is 24.7. The molecular formula is C46H46Cl4N6O6S2. The molecule has 12 nitrogen and oxygen atoms in total. The SMILES string of the molecule is C[C@@]1(c2cc(Cl)cc(Cl)c2)CC(c2sc(C(=O)N[C@@H]3CCNC3=O)c3c2CCCC3)=NO1.C[C@]1(c2cc(Cl)cc(Cl)c2)CC(c2sc(C(=O)N[C@@H]3CCNC3=O)c3c2CCCC3)=NO1. The van der Waals surface area contributed by atoms with Gasteiger partial charge in [0, 0.05) is 57.1 Å². The molecule has 0 spiro atoms. The zero-order chi connectivity index (χ0) is 44.9. The van der Waals surface area contributed by atoms with E-state index in [-0.39, 0.29) is 23.6 Å². The Morgan fingerprint density at radius 2 is 0.969 bits per heavy atom. The Morgan fingerprint density at radius 3 is 1.31 bits per heavy atom. The van der Waals surface area contributed by atoms with Gasteiger partial charge in [0.1, 0.15) is 23.5 Å². The number of carbonyl (C=O) groups excluding carboxylic acids is 4. The van der Waals surface area contributed by atoms with E-state index in [1.807, 2.05) is 38.1 Å². The van der Waals surface area contributed by atoms with E-state index in [0.717, 1.165) is 94.8 Å². The van der Waals surface area contributed by atoms with Crippen LogP contribution in [0.5, 0.6) is 0 Å². The van der Waals surface area contributed by atoms with Gasteiger partial charge >= 0.3 is 0 Å². The molecule has 2 aliphatic carbocycles. The lowest BCUT2D eigenvalue weighted by Gasteiger charge is -2.22. The maximum Gasteiger partial charge on any atom is 0.262 e. The first-order valence-electron chi connectivity index (χ1n) is 21.6. The van der Waals surface area contributed by atoms with Gasteiger partial charge in [-0.15, -0.1) is 22.7 Å². The highest BCUT2D eigenvalue weighted by Crippen LogP contribution is 2.44. The molecule has 4 N–H and O–H groups in total. The van der Waals surface area contributed by atoms with Crippen LogP contribution in [0.25, 0.3) is 0 Å². The van der Waals surface area contributed by atoms with E-state index >= 15 is 0 Å². The van der Waals surface area contributed by atoms with E-state index in [4.69, 9.17) is 56.1 Å². The maximum absolute atomic E-state index is 13.1. The van der Waals surface area contributed by atoms with Gasteiger partial charge in [-0.1, -0.05) is 56.7 Å².